The van der Waals surface area contributed by atoms with Gasteiger partial charge in [0.1, 0.15) is 0 Å². The zero-order chi connectivity index (χ0) is 9.40. The molecule has 0 rings (SSSR count). The number of allylic oxidation sites excluding steroid dienone is 3. The highest BCUT2D eigenvalue weighted by atomic mass is 16.3. The fourth-order valence-electron chi connectivity index (χ4n) is 0.880. The van der Waals surface area contributed by atoms with Crippen molar-refractivity contribution in [2.24, 2.45) is 5.92 Å². The average Bonchev–Trinajstić information content (AvgIpc) is 2.01. The van der Waals surface area contributed by atoms with Crippen LogP contribution in [0.25, 0.3) is 0 Å². The monoisotopic (exact) mass is 168 g/mol. The van der Waals surface area contributed by atoms with Crippen LogP contribution < -0.4 is 0 Å². The first-order valence-corrected chi connectivity index (χ1v) is 4.64. The van der Waals surface area contributed by atoms with E-state index in [1.54, 1.807) is 0 Å². The summed E-state index contributed by atoms with van der Waals surface area (Å²) in [5.41, 5.74) is 0. The Labute approximate surface area is 75.8 Å². The minimum atomic E-state index is -0.274. The maximum atomic E-state index is 9.40. The van der Waals surface area contributed by atoms with E-state index in [4.69, 9.17) is 0 Å². The van der Waals surface area contributed by atoms with Crippen LogP contribution in [-0.4, -0.2) is 11.2 Å². The SMILES string of the molecule is C/C=C/CCC(O)/C=C/C(C)C. The molecule has 0 aliphatic heterocycles. The molecule has 0 heterocycles. The molecular weight excluding hydrogens is 148 g/mol. The molecule has 70 valence electrons. The summed E-state index contributed by atoms with van der Waals surface area (Å²) in [7, 11) is 0. The van der Waals surface area contributed by atoms with Crippen molar-refractivity contribution < 1.29 is 5.11 Å². The van der Waals surface area contributed by atoms with Crippen molar-refractivity contribution >= 4 is 0 Å². The smallest absolute Gasteiger partial charge is 0.0724 e. The third-order valence-corrected chi connectivity index (χ3v) is 1.58. The van der Waals surface area contributed by atoms with Gasteiger partial charge in [-0.3, -0.25) is 0 Å². The molecule has 12 heavy (non-hydrogen) atoms. The van der Waals surface area contributed by atoms with E-state index >= 15 is 0 Å². The number of aliphatic hydroxyl groups excluding tert-OH is 1. The van der Waals surface area contributed by atoms with Gasteiger partial charge in [-0.2, -0.15) is 0 Å². The highest BCUT2D eigenvalue weighted by Crippen LogP contribution is 2.02. The van der Waals surface area contributed by atoms with Crippen LogP contribution in [0.3, 0.4) is 0 Å². The molecule has 0 spiro atoms. The predicted octanol–water partition coefficient (Wildman–Crippen LogP) is 2.92. The Balaban J connectivity index is 3.51. The van der Waals surface area contributed by atoms with Gasteiger partial charge in [-0.1, -0.05) is 38.2 Å². The van der Waals surface area contributed by atoms with Gasteiger partial charge in [0, 0.05) is 0 Å². The molecule has 0 saturated heterocycles. The first-order chi connectivity index (χ1) is 5.66. The van der Waals surface area contributed by atoms with Gasteiger partial charge >= 0.3 is 0 Å². The molecule has 0 aromatic carbocycles. The fraction of sp³-hybridized carbons (Fsp3) is 0.636. The van der Waals surface area contributed by atoms with Gasteiger partial charge in [0.25, 0.3) is 0 Å². The lowest BCUT2D eigenvalue weighted by Crippen LogP contribution is -2.01. The van der Waals surface area contributed by atoms with Crippen LogP contribution in [0, 0.1) is 5.92 Å². The summed E-state index contributed by atoms with van der Waals surface area (Å²) in [4.78, 5) is 0. The summed E-state index contributed by atoms with van der Waals surface area (Å²) < 4.78 is 0. The molecule has 0 amide bonds. The Hall–Kier alpha value is -0.560. The van der Waals surface area contributed by atoms with Gasteiger partial charge in [0.05, 0.1) is 6.10 Å². The van der Waals surface area contributed by atoms with E-state index in [2.05, 4.69) is 19.9 Å². The summed E-state index contributed by atoms with van der Waals surface area (Å²) in [5, 5.41) is 9.40. The normalized spacial score (nSPS) is 15.1. The molecule has 0 aromatic rings. The zero-order valence-corrected chi connectivity index (χ0v) is 8.33. The van der Waals surface area contributed by atoms with Gasteiger partial charge in [-0.05, 0) is 25.7 Å². The second kappa shape index (κ2) is 7.11. The first kappa shape index (κ1) is 11.4. The van der Waals surface area contributed by atoms with Crippen molar-refractivity contribution in [3.8, 4) is 0 Å². The maximum Gasteiger partial charge on any atom is 0.0724 e. The van der Waals surface area contributed by atoms with Gasteiger partial charge in [0.15, 0.2) is 0 Å². The topological polar surface area (TPSA) is 20.2 Å². The Kier molecular flexibility index (Phi) is 6.78. The predicted molar refractivity (Wildman–Crippen MR) is 54.0 cm³/mol. The average molecular weight is 168 g/mol. The van der Waals surface area contributed by atoms with Crippen LogP contribution in [0.1, 0.15) is 33.6 Å². The van der Waals surface area contributed by atoms with E-state index in [0.29, 0.717) is 5.92 Å². The van der Waals surface area contributed by atoms with Crippen LogP contribution in [0.15, 0.2) is 24.3 Å². The molecule has 0 aliphatic rings. The molecule has 0 saturated carbocycles. The largest absolute Gasteiger partial charge is 0.389 e. The molecule has 0 bridgehead atoms. The minimum absolute atomic E-state index is 0.274. The molecule has 0 fully saturated rings. The Bertz CT molecular complexity index is 145. The number of hydrogen-bond donors (Lipinski definition) is 1. The first-order valence-electron chi connectivity index (χ1n) is 4.64. The summed E-state index contributed by atoms with van der Waals surface area (Å²) in [6.45, 7) is 6.21. The van der Waals surface area contributed by atoms with E-state index < -0.39 is 0 Å². The minimum Gasteiger partial charge on any atom is -0.389 e. The van der Waals surface area contributed by atoms with Gasteiger partial charge in [-0.25, -0.2) is 0 Å². The van der Waals surface area contributed by atoms with Gasteiger partial charge < -0.3 is 5.11 Å². The van der Waals surface area contributed by atoms with Crippen molar-refractivity contribution in [2.45, 2.75) is 39.7 Å². The van der Waals surface area contributed by atoms with Crippen LogP contribution in [0.5, 0.6) is 0 Å². The Morgan fingerprint density at radius 3 is 2.42 bits per heavy atom. The quantitative estimate of drug-likeness (QED) is 0.626. The maximum absolute atomic E-state index is 9.40. The number of aliphatic hydroxyl groups is 1. The molecule has 0 aliphatic carbocycles. The standard InChI is InChI=1S/C11H20O/c1-4-5-6-7-11(12)9-8-10(2)3/h4-5,8-12H,6-7H2,1-3H3/b5-4+,9-8+. The molecule has 1 nitrogen and oxygen atoms in total. The third-order valence-electron chi connectivity index (χ3n) is 1.58. The Morgan fingerprint density at radius 1 is 1.25 bits per heavy atom. The van der Waals surface area contributed by atoms with E-state index in [9.17, 15) is 5.11 Å². The van der Waals surface area contributed by atoms with E-state index in [-0.39, 0.29) is 6.10 Å². The van der Waals surface area contributed by atoms with Crippen LogP contribution in [-0.2, 0) is 0 Å². The van der Waals surface area contributed by atoms with E-state index in [1.165, 1.54) is 0 Å². The highest BCUT2D eigenvalue weighted by Gasteiger charge is 1.96. The second-order valence-corrected chi connectivity index (χ2v) is 3.34. The fourth-order valence-corrected chi connectivity index (χ4v) is 0.880. The molecule has 1 N–H and O–H groups in total. The van der Waals surface area contributed by atoms with Crippen LogP contribution in [0.4, 0.5) is 0 Å². The number of hydrogen-bond acceptors (Lipinski definition) is 1. The summed E-state index contributed by atoms with van der Waals surface area (Å²) >= 11 is 0. The molecule has 1 unspecified atom stereocenters. The molecule has 0 aromatic heterocycles. The lowest BCUT2D eigenvalue weighted by Gasteiger charge is -2.03. The van der Waals surface area contributed by atoms with Gasteiger partial charge in [0.2, 0.25) is 0 Å². The lowest BCUT2D eigenvalue weighted by atomic mass is 10.1. The van der Waals surface area contributed by atoms with Crippen molar-refractivity contribution in [2.75, 3.05) is 0 Å². The van der Waals surface area contributed by atoms with Crippen molar-refractivity contribution in [1.82, 2.24) is 0 Å². The highest BCUT2D eigenvalue weighted by molar-refractivity contribution is 4.91. The van der Waals surface area contributed by atoms with Crippen molar-refractivity contribution in [3.05, 3.63) is 24.3 Å². The lowest BCUT2D eigenvalue weighted by molar-refractivity contribution is 0.213. The second-order valence-electron chi connectivity index (χ2n) is 3.34. The van der Waals surface area contributed by atoms with E-state index in [0.717, 1.165) is 12.8 Å². The molecule has 1 atom stereocenters. The Morgan fingerprint density at radius 2 is 1.92 bits per heavy atom. The van der Waals surface area contributed by atoms with Crippen molar-refractivity contribution in [3.63, 3.8) is 0 Å². The van der Waals surface area contributed by atoms with Crippen molar-refractivity contribution in [1.29, 1.82) is 0 Å². The summed E-state index contributed by atoms with van der Waals surface area (Å²) in [6, 6.07) is 0. The summed E-state index contributed by atoms with van der Waals surface area (Å²) in [5.74, 6) is 0.529. The summed E-state index contributed by atoms with van der Waals surface area (Å²) in [6.07, 6.45) is 9.52. The third kappa shape index (κ3) is 7.55. The molecule has 1 heteroatoms. The van der Waals surface area contributed by atoms with Crippen LogP contribution >= 0.6 is 0 Å². The van der Waals surface area contributed by atoms with Crippen LogP contribution in [0.2, 0.25) is 0 Å². The van der Waals surface area contributed by atoms with Gasteiger partial charge in [-0.15, -0.1) is 0 Å². The molecule has 0 radical (unpaired) electrons. The molecular formula is C11H20O. The van der Waals surface area contributed by atoms with E-state index in [1.807, 2.05) is 25.2 Å². The number of rotatable bonds is 5. The zero-order valence-electron chi connectivity index (χ0n) is 8.33.